The predicted molar refractivity (Wildman–Crippen MR) is 241 cm³/mol. The van der Waals surface area contributed by atoms with E-state index in [0.29, 0.717) is 43.5 Å². The topological polar surface area (TPSA) is 264 Å². The number of unbranched alkanes of at least 4 members (excludes halogenated alkanes) is 13. The van der Waals surface area contributed by atoms with Crippen molar-refractivity contribution in [1.82, 2.24) is 31.9 Å². The lowest BCUT2D eigenvalue weighted by Gasteiger charge is -2.25. The summed E-state index contributed by atoms with van der Waals surface area (Å²) in [6, 6.07) is 1.59. The molecule has 0 aliphatic carbocycles. The van der Waals surface area contributed by atoms with Gasteiger partial charge >= 0.3 is 0 Å². The van der Waals surface area contributed by atoms with Gasteiger partial charge in [-0.25, -0.2) is 0 Å². The molecule has 0 unspecified atom stereocenters. The largest absolute Gasteiger partial charge is 0.508 e. The lowest BCUT2D eigenvalue weighted by molar-refractivity contribution is -0.134. The molecule has 4 atom stereocenters. The molecule has 0 radical (unpaired) electrons. The van der Waals surface area contributed by atoms with Crippen molar-refractivity contribution in [3.05, 3.63) is 29.8 Å². The first-order chi connectivity index (χ1) is 29.3. The van der Waals surface area contributed by atoms with Crippen LogP contribution in [0.15, 0.2) is 24.3 Å². The molecular formula is C44H76N8O8S. The van der Waals surface area contributed by atoms with Crippen LogP contribution < -0.4 is 43.4 Å². The summed E-state index contributed by atoms with van der Waals surface area (Å²) in [4.78, 5) is 91.0. The summed E-state index contributed by atoms with van der Waals surface area (Å²) in [5.41, 5.74) is 11.5. The van der Waals surface area contributed by atoms with E-state index >= 15 is 0 Å². The molecule has 11 N–H and O–H groups in total. The third-order valence-electron chi connectivity index (χ3n) is 10.4. The van der Waals surface area contributed by atoms with Gasteiger partial charge < -0.3 is 48.5 Å². The second-order valence-electron chi connectivity index (χ2n) is 15.6. The summed E-state index contributed by atoms with van der Waals surface area (Å²) in [7, 11) is 1.43. The molecule has 346 valence electrons. The molecule has 0 saturated carbocycles. The Kier molecular flexibility index (Phi) is 30.7. The summed E-state index contributed by atoms with van der Waals surface area (Å²) in [5, 5.41) is 25.6. The van der Waals surface area contributed by atoms with Crippen LogP contribution in [-0.2, 0) is 40.0 Å². The molecule has 0 bridgehead atoms. The molecule has 0 spiro atoms. The maximum Gasteiger partial charge on any atom is 0.243 e. The second kappa shape index (κ2) is 34.2. The van der Waals surface area contributed by atoms with Crippen LogP contribution in [0.4, 0.5) is 0 Å². The lowest BCUT2D eigenvalue weighted by Crippen LogP contribution is -2.58. The Balaban J connectivity index is 2.88. The van der Waals surface area contributed by atoms with Crippen LogP contribution >= 0.6 is 11.8 Å². The number of rotatable bonds is 36. The van der Waals surface area contributed by atoms with Crippen LogP contribution in [0.3, 0.4) is 0 Å². The highest BCUT2D eigenvalue weighted by Crippen LogP contribution is 2.14. The average molecular weight is 877 g/mol. The first kappa shape index (κ1) is 54.6. The molecule has 7 amide bonds. The van der Waals surface area contributed by atoms with Crippen molar-refractivity contribution in [2.24, 2.45) is 11.5 Å². The zero-order valence-corrected chi connectivity index (χ0v) is 37.8. The van der Waals surface area contributed by atoms with E-state index in [1.165, 1.54) is 88.7 Å². The Labute approximate surface area is 367 Å². The quantitative estimate of drug-likeness (QED) is 0.0444. The number of hydrogen-bond acceptors (Lipinski definition) is 10. The predicted octanol–water partition coefficient (Wildman–Crippen LogP) is 3.37. The molecular weight excluding hydrogens is 801 g/mol. The molecule has 1 aromatic rings. The Morgan fingerprint density at radius 1 is 0.607 bits per heavy atom. The highest BCUT2D eigenvalue weighted by Gasteiger charge is 2.30. The van der Waals surface area contributed by atoms with Crippen LogP contribution in [-0.4, -0.2) is 103 Å². The van der Waals surface area contributed by atoms with Crippen molar-refractivity contribution in [2.75, 3.05) is 32.1 Å². The SMILES string of the molecule is CCCCCCCCCCCCCCCC(=O)N[C@@H](CCSC)C(=O)NCC(=O)N[C@@H](Cc1ccc(O)cc1)C(=O)N[C@@H](CCC(N)=O)C(=O)N[C@@H](CCCCN)C(=O)NC. The van der Waals surface area contributed by atoms with Crippen LogP contribution in [0.1, 0.15) is 141 Å². The summed E-state index contributed by atoms with van der Waals surface area (Å²) in [6.45, 7) is 2.12. The zero-order chi connectivity index (χ0) is 45.3. The first-order valence-corrected chi connectivity index (χ1v) is 23.7. The van der Waals surface area contributed by atoms with Crippen LogP contribution in [0.5, 0.6) is 5.75 Å². The monoisotopic (exact) mass is 877 g/mol. The van der Waals surface area contributed by atoms with Crippen molar-refractivity contribution in [3.8, 4) is 5.75 Å². The standard InChI is InChI=1S/C44H76N8O8S/c1-4-5-6-7-8-9-10-11-12-13-14-15-16-20-39(55)49-36(27-29-61-3)42(58)48-31-40(56)50-37(30-32-21-23-33(53)24-22-32)44(60)52-35(25-26-38(46)54)43(59)51-34(41(57)47-2)19-17-18-28-45/h21-24,34-37,53H,4-20,25-31,45H2,1-3H3,(H2,46,54)(H,47,57)(H,48,58)(H,49,55)(H,50,56)(H,51,59)(H,52,60)/t34-,35-,36-,37-/m0/s1. The third kappa shape index (κ3) is 26.5. The molecule has 0 aromatic heterocycles. The number of phenolic OH excluding ortho intramolecular Hbond substituents is 1. The van der Waals surface area contributed by atoms with Gasteiger partial charge in [-0.3, -0.25) is 33.6 Å². The Morgan fingerprint density at radius 2 is 1.13 bits per heavy atom. The number of aromatic hydroxyl groups is 1. The summed E-state index contributed by atoms with van der Waals surface area (Å²) >= 11 is 1.52. The Hall–Kier alpha value is -4.38. The van der Waals surface area contributed by atoms with Crippen LogP contribution in [0.2, 0.25) is 0 Å². The molecule has 1 rings (SSSR count). The number of carbonyl (C=O) groups is 7. The maximum absolute atomic E-state index is 13.8. The smallest absolute Gasteiger partial charge is 0.243 e. The molecule has 0 heterocycles. The van der Waals surface area contributed by atoms with Crippen molar-refractivity contribution in [2.45, 2.75) is 166 Å². The van der Waals surface area contributed by atoms with Gasteiger partial charge in [0.05, 0.1) is 6.54 Å². The highest BCUT2D eigenvalue weighted by atomic mass is 32.2. The zero-order valence-electron chi connectivity index (χ0n) is 37.0. The lowest BCUT2D eigenvalue weighted by atomic mass is 10.0. The normalized spacial score (nSPS) is 12.9. The molecule has 0 aliphatic heterocycles. The second-order valence-corrected chi connectivity index (χ2v) is 16.6. The maximum atomic E-state index is 13.8. The highest BCUT2D eigenvalue weighted by molar-refractivity contribution is 7.98. The fourth-order valence-corrected chi connectivity index (χ4v) is 7.19. The Bertz CT molecular complexity index is 1450. The van der Waals surface area contributed by atoms with Crippen LogP contribution in [0.25, 0.3) is 0 Å². The number of primary amides is 1. The van der Waals surface area contributed by atoms with E-state index in [-0.39, 0.29) is 37.3 Å². The fourth-order valence-electron chi connectivity index (χ4n) is 6.72. The van der Waals surface area contributed by atoms with Gasteiger partial charge in [-0.15, -0.1) is 0 Å². The van der Waals surface area contributed by atoms with E-state index in [4.69, 9.17) is 11.5 Å². The summed E-state index contributed by atoms with van der Waals surface area (Å²) in [6.07, 6.45) is 19.0. The van der Waals surface area contributed by atoms with E-state index < -0.39 is 66.2 Å². The van der Waals surface area contributed by atoms with E-state index in [1.807, 2.05) is 6.26 Å². The fraction of sp³-hybridized carbons (Fsp3) is 0.705. The number of thioether (sulfide) groups is 1. The Morgan fingerprint density at radius 3 is 1.67 bits per heavy atom. The minimum absolute atomic E-state index is 0.00992. The van der Waals surface area contributed by atoms with E-state index in [0.717, 1.165) is 25.7 Å². The van der Waals surface area contributed by atoms with E-state index in [2.05, 4.69) is 38.8 Å². The van der Waals surface area contributed by atoms with Crippen molar-refractivity contribution >= 4 is 53.1 Å². The number of benzene rings is 1. The number of nitrogens with one attached hydrogen (secondary N) is 6. The molecule has 16 nitrogen and oxygen atoms in total. The van der Waals surface area contributed by atoms with Crippen molar-refractivity contribution in [1.29, 1.82) is 0 Å². The number of hydrogen-bond donors (Lipinski definition) is 9. The minimum atomic E-state index is -1.30. The average Bonchev–Trinajstić information content (AvgIpc) is 3.24. The third-order valence-corrected chi connectivity index (χ3v) is 11.0. The van der Waals surface area contributed by atoms with Gasteiger partial charge in [0.25, 0.3) is 0 Å². The molecule has 1 aromatic carbocycles. The van der Waals surface area contributed by atoms with Gasteiger partial charge in [0.1, 0.15) is 29.9 Å². The van der Waals surface area contributed by atoms with Gasteiger partial charge in [0.2, 0.25) is 41.4 Å². The minimum Gasteiger partial charge on any atom is -0.508 e. The van der Waals surface area contributed by atoms with E-state index in [9.17, 15) is 38.7 Å². The van der Waals surface area contributed by atoms with E-state index in [1.54, 1.807) is 12.1 Å². The number of nitrogens with two attached hydrogens (primary N) is 2. The number of carbonyl (C=O) groups excluding carboxylic acids is 7. The molecule has 17 heteroatoms. The van der Waals surface area contributed by atoms with Gasteiger partial charge in [-0.1, -0.05) is 96.1 Å². The van der Waals surface area contributed by atoms with Gasteiger partial charge in [-0.2, -0.15) is 11.8 Å². The van der Waals surface area contributed by atoms with Gasteiger partial charge in [0, 0.05) is 26.3 Å². The number of phenols is 1. The molecule has 0 fully saturated rings. The van der Waals surface area contributed by atoms with Crippen LogP contribution in [0, 0.1) is 0 Å². The van der Waals surface area contributed by atoms with Gasteiger partial charge in [0.15, 0.2) is 0 Å². The first-order valence-electron chi connectivity index (χ1n) is 22.3. The molecule has 61 heavy (non-hydrogen) atoms. The van der Waals surface area contributed by atoms with Gasteiger partial charge in [-0.05, 0) is 74.8 Å². The number of likely N-dealkylation sites (N-methyl/N-ethyl adjacent to an activating group) is 1. The molecule has 0 aliphatic rings. The van der Waals surface area contributed by atoms with Crippen molar-refractivity contribution in [3.63, 3.8) is 0 Å². The summed E-state index contributed by atoms with van der Waals surface area (Å²) in [5.74, 6) is -3.57. The molecule has 0 saturated heterocycles. The van der Waals surface area contributed by atoms with Crippen molar-refractivity contribution < 1.29 is 38.7 Å². The summed E-state index contributed by atoms with van der Waals surface area (Å²) < 4.78 is 0. The number of amides is 7.